The predicted octanol–water partition coefficient (Wildman–Crippen LogP) is 2.83. The first-order chi connectivity index (χ1) is 12.6. The van der Waals surface area contributed by atoms with Crippen molar-refractivity contribution in [2.24, 2.45) is 0 Å². The topological polar surface area (TPSA) is 84.4 Å². The van der Waals surface area contributed by atoms with Crippen molar-refractivity contribution in [1.82, 2.24) is 10.2 Å². The van der Waals surface area contributed by atoms with Crippen LogP contribution in [-0.2, 0) is 14.3 Å². The van der Waals surface area contributed by atoms with E-state index >= 15 is 0 Å². The van der Waals surface area contributed by atoms with Crippen molar-refractivity contribution in [1.29, 1.82) is 0 Å². The summed E-state index contributed by atoms with van der Waals surface area (Å²) in [7, 11) is 0. The van der Waals surface area contributed by atoms with E-state index in [0.717, 1.165) is 23.5 Å². The quantitative estimate of drug-likeness (QED) is 0.864. The molecule has 0 radical (unpaired) electrons. The van der Waals surface area contributed by atoms with E-state index in [9.17, 15) is 9.59 Å². The molecular formula is C17H17ClN4O3S. The smallest absolute Gasteiger partial charge is 0.255 e. The number of amides is 2. The number of nitrogens with zero attached hydrogens (tertiary/aromatic N) is 3. The van der Waals surface area contributed by atoms with Gasteiger partial charge in [0.2, 0.25) is 11.0 Å². The summed E-state index contributed by atoms with van der Waals surface area (Å²) in [6.07, 6.45) is 1.59. The summed E-state index contributed by atoms with van der Waals surface area (Å²) in [5.74, 6) is -0.183. The molecule has 1 N–H and O–H groups in total. The Labute approximate surface area is 159 Å². The lowest BCUT2D eigenvalue weighted by molar-refractivity contribution is -0.124. The van der Waals surface area contributed by atoms with Gasteiger partial charge in [0, 0.05) is 36.2 Å². The zero-order valence-electron chi connectivity index (χ0n) is 13.9. The number of benzene rings is 1. The number of halogens is 1. The van der Waals surface area contributed by atoms with Crippen molar-refractivity contribution >= 4 is 45.6 Å². The molecule has 2 saturated heterocycles. The first-order valence-corrected chi connectivity index (χ1v) is 9.61. The van der Waals surface area contributed by atoms with Gasteiger partial charge in [-0.3, -0.25) is 14.9 Å². The van der Waals surface area contributed by atoms with Gasteiger partial charge in [-0.1, -0.05) is 22.9 Å². The third-order valence-electron chi connectivity index (χ3n) is 4.51. The highest BCUT2D eigenvalue weighted by molar-refractivity contribution is 7.15. The lowest BCUT2D eigenvalue weighted by atomic mass is 10.1. The minimum atomic E-state index is -0.407. The number of rotatable bonds is 4. The first-order valence-electron chi connectivity index (χ1n) is 8.42. The molecule has 1 aromatic heterocycles. The summed E-state index contributed by atoms with van der Waals surface area (Å²) in [5.41, 5.74) is 0.818. The van der Waals surface area contributed by atoms with E-state index in [1.54, 1.807) is 17.0 Å². The molecule has 0 spiro atoms. The van der Waals surface area contributed by atoms with Crippen molar-refractivity contribution in [2.45, 2.75) is 31.3 Å². The normalized spacial score (nSPS) is 22.8. The van der Waals surface area contributed by atoms with Crippen molar-refractivity contribution in [3.8, 4) is 0 Å². The molecule has 7 nitrogen and oxygen atoms in total. The van der Waals surface area contributed by atoms with E-state index < -0.39 is 6.10 Å². The van der Waals surface area contributed by atoms with Crippen LogP contribution in [0.4, 0.5) is 10.8 Å². The number of hydrogen-bond acceptors (Lipinski definition) is 6. The van der Waals surface area contributed by atoms with E-state index in [-0.39, 0.29) is 17.7 Å². The van der Waals surface area contributed by atoms with Crippen LogP contribution >= 0.6 is 22.9 Å². The Morgan fingerprint density at radius 2 is 2.12 bits per heavy atom. The zero-order chi connectivity index (χ0) is 18.1. The van der Waals surface area contributed by atoms with Gasteiger partial charge in [-0.2, -0.15) is 0 Å². The number of anilines is 2. The SMILES string of the molecule is O=C(Nc1nnc([C@H]2CC(=O)N(c3ccc(Cl)cc3)C2)s1)[C@H]1CCCO1. The van der Waals surface area contributed by atoms with Gasteiger partial charge in [0.25, 0.3) is 5.91 Å². The molecule has 2 aliphatic heterocycles. The molecule has 0 saturated carbocycles. The monoisotopic (exact) mass is 392 g/mol. The van der Waals surface area contributed by atoms with E-state index in [2.05, 4.69) is 15.5 Å². The number of aromatic nitrogens is 2. The Morgan fingerprint density at radius 3 is 2.85 bits per heavy atom. The molecule has 0 bridgehead atoms. The number of carbonyl (C=O) groups is 2. The molecule has 26 heavy (non-hydrogen) atoms. The molecule has 4 rings (SSSR count). The molecule has 2 fully saturated rings. The molecule has 0 aliphatic carbocycles. The van der Waals surface area contributed by atoms with E-state index in [4.69, 9.17) is 16.3 Å². The largest absolute Gasteiger partial charge is 0.368 e. The Hall–Kier alpha value is -2.03. The molecule has 1 aromatic carbocycles. The van der Waals surface area contributed by atoms with Gasteiger partial charge < -0.3 is 9.64 Å². The molecule has 9 heteroatoms. The molecule has 2 amide bonds. The number of nitrogens with one attached hydrogen (secondary N) is 1. The summed E-state index contributed by atoms with van der Waals surface area (Å²) in [5, 5.41) is 12.8. The van der Waals surface area contributed by atoms with E-state index in [0.29, 0.717) is 29.7 Å². The van der Waals surface area contributed by atoms with Crippen LogP contribution in [0.2, 0.25) is 5.02 Å². The minimum absolute atomic E-state index is 0.0379. The Bertz CT molecular complexity index is 820. The number of carbonyl (C=O) groups excluding carboxylic acids is 2. The molecule has 2 atom stereocenters. The molecule has 3 heterocycles. The maximum atomic E-state index is 12.4. The van der Waals surface area contributed by atoms with Crippen molar-refractivity contribution in [3.05, 3.63) is 34.3 Å². The summed E-state index contributed by atoms with van der Waals surface area (Å²) in [6, 6.07) is 7.19. The molecule has 2 aliphatic rings. The molecule has 136 valence electrons. The average Bonchev–Trinajstić information content (AvgIpc) is 3.36. The van der Waals surface area contributed by atoms with E-state index in [1.165, 1.54) is 11.3 Å². The average molecular weight is 393 g/mol. The predicted molar refractivity (Wildman–Crippen MR) is 98.7 cm³/mol. The zero-order valence-corrected chi connectivity index (χ0v) is 15.4. The first kappa shape index (κ1) is 17.4. The maximum absolute atomic E-state index is 12.4. The highest BCUT2D eigenvalue weighted by Crippen LogP contribution is 2.34. The van der Waals surface area contributed by atoms with Crippen LogP contribution in [0, 0.1) is 0 Å². The highest BCUT2D eigenvalue weighted by atomic mass is 35.5. The van der Waals surface area contributed by atoms with E-state index in [1.807, 2.05) is 12.1 Å². The third-order valence-corrected chi connectivity index (χ3v) is 5.76. The van der Waals surface area contributed by atoms with Gasteiger partial charge in [0.15, 0.2) is 0 Å². The fourth-order valence-electron chi connectivity index (χ4n) is 3.16. The Kier molecular flexibility index (Phi) is 4.88. The summed E-state index contributed by atoms with van der Waals surface area (Å²) >= 11 is 7.22. The number of hydrogen-bond donors (Lipinski definition) is 1. The van der Waals surface area contributed by atoms with Crippen LogP contribution in [0.15, 0.2) is 24.3 Å². The van der Waals surface area contributed by atoms with Crippen LogP contribution in [0.1, 0.15) is 30.2 Å². The van der Waals surface area contributed by atoms with Gasteiger partial charge in [-0.05, 0) is 37.1 Å². The minimum Gasteiger partial charge on any atom is -0.368 e. The van der Waals surface area contributed by atoms with Crippen LogP contribution in [-0.4, -0.2) is 41.3 Å². The molecule has 2 aromatic rings. The summed E-state index contributed by atoms with van der Waals surface area (Å²) < 4.78 is 5.36. The second-order valence-corrected chi connectivity index (χ2v) is 7.76. The molecule has 0 unspecified atom stereocenters. The van der Waals surface area contributed by atoms with Crippen LogP contribution in [0.3, 0.4) is 0 Å². The Morgan fingerprint density at radius 1 is 1.31 bits per heavy atom. The fourth-order valence-corrected chi connectivity index (χ4v) is 4.13. The van der Waals surface area contributed by atoms with Gasteiger partial charge in [-0.25, -0.2) is 0 Å². The van der Waals surface area contributed by atoms with Gasteiger partial charge in [0.05, 0.1) is 0 Å². The third kappa shape index (κ3) is 3.58. The van der Waals surface area contributed by atoms with Crippen molar-refractivity contribution in [2.75, 3.05) is 23.4 Å². The highest BCUT2D eigenvalue weighted by Gasteiger charge is 2.34. The van der Waals surface area contributed by atoms with Crippen LogP contribution < -0.4 is 10.2 Å². The van der Waals surface area contributed by atoms with Crippen LogP contribution in [0.25, 0.3) is 0 Å². The van der Waals surface area contributed by atoms with Gasteiger partial charge in [-0.15, -0.1) is 10.2 Å². The Balaban J connectivity index is 1.42. The van der Waals surface area contributed by atoms with Crippen molar-refractivity contribution in [3.63, 3.8) is 0 Å². The van der Waals surface area contributed by atoms with Gasteiger partial charge >= 0.3 is 0 Å². The lowest BCUT2D eigenvalue weighted by Crippen LogP contribution is -2.26. The summed E-state index contributed by atoms with van der Waals surface area (Å²) in [4.78, 5) is 26.2. The van der Waals surface area contributed by atoms with Crippen LogP contribution in [0.5, 0.6) is 0 Å². The fraction of sp³-hybridized carbons (Fsp3) is 0.412. The second-order valence-electron chi connectivity index (χ2n) is 6.32. The number of ether oxygens (including phenoxy) is 1. The summed E-state index contributed by atoms with van der Waals surface area (Å²) in [6.45, 7) is 1.15. The lowest BCUT2D eigenvalue weighted by Gasteiger charge is -2.16. The standard InChI is InChI=1S/C17H17ClN4O3S/c18-11-3-5-12(6-4-11)22-9-10(8-14(22)23)16-20-21-17(26-16)19-15(24)13-2-1-7-25-13/h3-6,10,13H,1-2,7-9H2,(H,19,21,24)/t10-,13+/m0/s1. The van der Waals surface area contributed by atoms with Crippen molar-refractivity contribution < 1.29 is 14.3 Å². The maximum Gasteiger partial charge on any atom is 0.255 e. The van der Waals surface area contributed by atoms with Gasteiger partial charge in [0.1, 0.15) is 11.1 Å². The second kappa shape index (κ2) is 7.30. The molecular weight excluding hydrogens is 376 g/mol.